The molecular weight excluding hydrogens is 464 g/mol. The molecule has 0 fully saturated rings. The first-order valence-electron chi connectivity index (χ1n) is 7.99. The van der Waals surface area contributed by atoms with E-state index >= 15 is 0 Å². The normalized spacial score (nSPS) is 19.0. The Morgan fingerprint density at radius 3 is 1.55 bits per heavy atom. The fraction of sp³-hybridized carbons (Fsp3) is 0.412. The largest absolute Gasteiger partial charge is 0.511 e. The summed E-state index contributed by atoms with van der Waals surface area (Å²) in [5.41, 5.74) is -8.18. The van der Waals surface area contributed by atoms with E-state index in [0.29, 0.717) is 0 Å². The van der Waals surface area contributed by atoms with Crippen LogP contribution >= 0.6 is 0 Å². The standard InChI is InChI=1S/C17H10F12O2/c18-14(19,20)8-2-6(3-9(12(8)30)15(21,22)23)1-7-4-10(16(24,25)26)13(31)11(5-7)17(27,28)29/h2-4,11,30-31H,1,5H2. The molecule has 0 saturated heterocycles. The molecule has 0 radical (unpaired) electrons. The van der Waals surface area contributed by atoms with Crippen LogP contribution in [0.4, 0.5) is 52.7 Å². The van der Waals surface area contributed by atoms with Crippen molar-refractivity contribution in [2.45, 2.75) is 37.5 Å². The van der Waals surface area contributed by atoms with Gasteiger partial charge in [0.1, 0.15) is 17.4 Å². The Morgan fingerprint density at radius 2 is 1.19 bits per heavy atom. The van der Waals surface area contributed by atoms with Crippen LogP contribution in [0.3, 0.4) is 0 Å². The van der Waals surface area contributed by atoms with Gasteiger partial charge in [0.25, 0.3) is 0 Å². The average molecular weight is 474 g/mol. The Bertz CT molecular complexity index is 878. The van der Waals surface area contributed by atoms with Crippen molar-refractivity contribution in [1.82, 2.24) is 0 Å². The Kier molecular flexibility index (Phi) is 6.02. The number of rotatable bonds is 2. The zero-order chi connectivity index (χ0) is 24.2. The molecule has 0 amide bonds. The molecule has 0 bridgehead atoms. The summed E-state index contributed by atoms with van der Waals surface area (Å²) >= 11 is 0. The second-order valence-electron chi connectivity index (χ2n) is 6.61. The van der Waals surface area contributed by atoms with Crippen LogP contribution in [-0.2, 0) is 18.8 Å². The summed E-state index contributed by atoms with van der Waals surface area (Å²) in [6.45, 7) is 0. The second kappa shape index (κ2) is 7.55. The topological polar surface area (TPSA) is 40.5 Å². The highest BCUT2D eigenvalue weighted by Gasteiger charge is 2.49. The molecule has 1 aliphatic rings. The van der Waals surface area contributed by atoms with Crippen molar-refractivity contribution >= 4 is 0 Å². The van der Waals surface area contributed by atoms with Gasteiger partial charge in [-0.05, 0) is 36.6 Å². The van der Waals surface area contributed by atoms with Gasteiger partial charge in [-0.3, -0.25) is 0 Å². The van der Waals surface area contributed by atoms with Crippen molar-refractivity contribution < 1.29 is 62.9 Å². The number of allylic oxidation sites excluding steroid dienone is 4. The van der Waals surface area contributed by atoms with Gasteiger partial charge in [-0.1, -0.05) is 5.57 Å². The quantitative estimate of drug-likeness (QED) is 0.460. The first-order valence-corrected chi connectivity index (χ1v) is 7.99. The Morgan fingerprint density at radius 1 is 0.742 bits per heavy atom. The number of phenolic OH excluding ortho intramolecular Hbond substituents is 1. The van der Waals surface area contributed by atoms with Crippen molar-refractivity contribution in [2.24, 2.45) is 5.92 Å². The van der Waals surface area contributed by atoms with E-state index < -0.39 is 82.8 Å². The maximum Gasteiger partial charge on any atom is 0.419 e. The highest BCUT2D eigenvalue weighted by Crippen LogP contribution is 2.47. The maximum absolute atomic E-state index is 13.0. The first-order chi connectivity index (χ1) is 13.7. The molecular formula is C17H10F12O2. The molecule has 1 atom stereocenters. The molecule has 14 heteroatoms. The zero-order valence-electron chi connectivity index (χ0n) is 14.7. The van der Waals surface area contributed by atoms with Crippen molar-refractivity contribution in [2.75, 3.05) is 0 Å². The lowest BCUT2D eigenvalue weighted by Crippen LogP contribution is -2.31. The summed E-state index contributed by atoms with van der Waals surface area (Å²) in [5, 5.41) is 18.7. The average Bonchev–Trinajstić information content (AvgIpc) is 2.53. The van der Waals surface area contributed by atoms with Crippen molar-refractivity contribution in [3.63, 3.8) is 0 Å². The van der Waals surface area contributed by atoms with Crippen LogP contribution < -0.4 is 0 Å². The smallest absolute Gasteiger partial charge is 0.419 e. The summed E-state index contributed by atoms with van der Waals surface area (Å²) in [7, 11) is 0. The molecule has 31 heavy (non-hydrogen) atoms. The minimum atomic E-state index is -5.50. The molecule has 174 valence electrons. The summed E-state index contributed by atoms with van der Waals surface area (Å²) in [6.07, 6.45) is -24.3. The number of aliphatic hydroxyl groups is 1. The molecule has 1 unspecified atom stereocenters. The summed E-state index contributed by atoms with van der Waals surface area (Å²) in [4.78, 5) is 0. The van der Waals surface area contributed by atoms with Gasteiger partial charge in [-0.2, -0.15) is 52.7 Å². The van der Waals surface area contributed by atoms with Crippen LogP contribution in [0.1, 0.15) is 23.1 Å². The minimum Gasteiger partial charge on any atom is -0.511 e. The predicted molar refractivity (Wildman–Crippen MR) is 79.8 cm³/mol. The van der Waals surface area contributed by atoms with Gasteiger partial charge in [0, 0.05) is 0 Å². The Balaban J connectivity index is 2.62. The number of phenols is 1. The van der Waals surface area contributed by atoms with E-state index in [0.717, 1.165) is 0 Å². The van der Waals surface area contributed by atoms with Gasteiger partial charge in [0.05, 0.1) is 16.7 Å². The van der Waals surface area contributed by atoms with Gasteiger partial charge in [-0.25, -0.2) is 0 Å². The molecule has 0 aliphatic heterocycles. The van der Waals surface area contributed by atoms with Crippen LogP contribution in [0.25, 0.3) is 0 Å². The fourth-order valence-electron chi connectivity index (χ4n) is 3.00. The zero-order valence-corrected chi connectivity index (χ0v) is 14.7. The van der Waals surface area contributed by atoms with Gasteiger partial charge in [0.2, 0.25) is 0 Å². The minimum absolute atomic E-state index is 0.000548. The highest BCUT2D eigenvalue weighted by molar-refractivity contribution is 5.48. The lowest BCUT2D eigenvalue weighted by Gasteiger charge is -2.28. The number of aromatic hydroxyl groups is 1. The van der Waals surface area contributed by atoms with Gasteiger partial charge in [-0.15, -0.1) is 0 Å². The van der Waals surface area contributed by atoms with E-state index in [-0.39, 0.29) is 18.2 Å². The predicted octanol–water partition coefficient (Wildman–Crippen LogP) is 6.86. The number of benzene rings is 1. The van der Waals surface area contributed by atoms with Gasteiger partial charge in [0.15, 0.2) is 0 Å². The van der Waals surface area contributed by atoms with Crippen LogP contribution in [0, 0.1) is 5.92 Å². The van der Waals surface area contributed by atoms with Crippen LogP contribution in [-0.4, -0.2) is 22.6 Å². The summed E-state index contributed by atoms with van der Waals surface area (Å²) in [5.74, 6) is -7.28. The lowest BCUT2D eigenvalue weighted by molar-refractivity contribution is -0.174. The Labute approximate surface area is 165 Å². The van der Waals surface area contributed by atoms with E-state index in [1.807, 2.05) is 0 Å². The van der Waals surface area contributed by atoms with Gasteiger partial charge < -0.3 is 10.2 Å². The molecule has 2 rings (SSSR count). The van der Waals surface area contributed by atoms with Crippen molar-refractivity contribution in [3.05, 3.63) is 51.8 Å². The third-order valence-corrected chi connectivity index (χ3v) is 4.33. The van der Waals surface area contributed by atoms with E-state index in [4.69, 9.17) is 0 Å². The molecule has 1 aliphatic carbocycles. The van der Waals surface area contributed by atoms with Crippen molar-refractivity contribution in [1.29, 1.82) is 0 Å². The number of hydrogen-bond donors (Lipinski definition) is 2. The Hall–Kier alpha value is -2.54. The number of hydrogen-bond acceptors (Lipinski definition) is 2. The third kappa shape index (κ3) is 5.39. The summed E-state index contributed by atoms with van der Waals surface area (Å²) < 4.78 is 156. The molecule has 0 saturated carbocycles. The van der Waals surface area contributed by atoms with Crippen LogP contribution in [0.5, 0.6) is 5.75 Å². The first kappa shape index (κ1) is 24.7. The van der Waals surface area contributed by atoms with E-state index in [9.17, 15) is 62.9 Å². The summed E-state index contributed by atoms with van der Waals surface area (Å²) in [6, 6.07) is -0.00110. The van der Waals surface area contributed by atoms with Crippen LogP contribution in [0.15, 0.2) is 35.1 Å². The van der Waals surface area contributed by atoms with Crippen LogP contribution in [0.2, 0.25) is 0 Å². The lowest BCUT2D eigenvalue weighted by atomic mass is 9.84. The molecule has 1 aromatic rings. The maximum atomic E-state index is 13.0. The molecule has 0 heterocycles. The number of alkyl halides is 12. The molecule has 1 aromatic carbocycles. The molecule has 0 aromatic heterocycles. The molecule has 2 N–H and O–H groups in total. The SMILES string of the molecule is OC1=C(C(F)(F)F)C=C(Cc2cc(C(F)(F)F)c(O)c(C(F)(F)F)c2)CC1C(F)(F)F. The third-order valence-electron chi connectivity index (χ3n) is 4.33. The second-order valence-corrected chi connectivity index (χ2v) is 6.61. The molecule has 0 spiro atoms. The van der Waals surface area contributed by atoms with E-state index in [1.54, 1.807) is 0 Å². The molecule has 2 nitrogen and oxygen atoms in total. The number of halogens is 12. The van der Waals surface area contributed by atoms with Crippen molar-refractivity contribution in [3.8, 4) is 5.75 Å². The fourth-order valence-corrected chi connectivity index (χ4v) is 3.00. The van der Waals surface area contributed by atoms with E-state index in [2.05, 4.69) is 0 Å². The van der Waals surface area contributed by atoms with E-state index in [1.165, 1.54) is 0 Å². The monoisotopic (exact) mass is 474 g/mol. The highest BCUT2D eigenvalue weighted by atomic mass is 19.4. The number of aliphatic hydroxyl groups excluding tert-OH is 1. The van der Waals surface area contributed by atoms with Gasteiger partial charge >= 0.3 is 24.7 Å².